The molecular formula is C29H21IrN3S-2. The molecule has 5 heteroatoms. The summed E-state index contributed by atoms with van der Waals surface area (Å²) in [7, 11) is 0. The molecule has 0 saturated carbocycles. The van der Waals surface area contributed by atoms with Crippen LogP contribution in [0.4, 0.5) is 0 Å². The maximum absolute atomic E-state index is 4.60. The Kier molecular flexibility index (Phi) is 7.59. The Morgan fingerprint density at radius 3 is 2.35 bits per heavy atom. The van der Waals surface area contributed by atoms with Gasteiger partial charge in [0.05, 0.1) is 0 Å². The molecule has 0 aliphatic carbocycles. The van der Waals surface area contributed by atoms with Gasteiger partial charge >= 0.3 is 0 Å². The fraction of sp³-hybridized carbons (Fsp3) is 0.0690. The smallest absolute Gasteiger partial charge is 0.0355 e. The molecule has 0 unspecified atom stereocenters. The van der Waals surface area contributed by atoms with Gasteiger partial charge in [-0.2, -0.15) is 0 Å². The Morgan fingerprint density at radius 2 is 1.59 bits per heavy atom. The largest absolute Gasteiger partial charge is 0.360 e. The van der Waals surface area contributed by atoms with Crippen LogP contribution in [0.25, 0.3) is 42.7 Å². The summed E-state index contributed by atoms with van der Waals surface area (Å²) in [5, 5.41) is 2.49. The topological polar surface area (TPSA) is 38.7 Å². The molecule has 4 aromatic heterocycles. The molecular weight excluding hydrogens is 615 g/mol. The number of pyridine rings is 3. The number of hydrogen-bond donors (Lipinski definition) is 0. The van der Waals surface area contributed by atoms with Crippen LogP contribution in [0.2, 0.25) is 0 Å². The molecule has 3 nitrogen and oxygen atoms in total. The summed E-state index contributed by atoms with van der Waals surface area (Å²) in [6.45, 7) is 4.09. The molecule has 2 aromatic carbocycles. The average Bonchev–Trinajstić information content (AvgIpc) is 3.24. The van der Waals surface area contributed by atoms with Crippen LogP contribution >= 0.6 is 11.3 Å². The Hall–Kier alpha value is -3.24. The number of fused-ring (bicyclic) bond motifs is 3. The summed E-state index contributed by atoms with van der Waals surface area (Å²) in [4.78, 5) is 13.0. The van der Waals surface area contributed by atoms with Crippen LogP contribution in [0.5, 0.6) is 0 Å². The maximum atomic E-state index is 4.60. The molecule has 6 aromatic rings. The second-order valence-corrected chi connectivity index (χ2v) is 8.86. The van der Waals surface area contributed by atoms with E-state index in [1.54, 1.807) is 17.5 Å². The van der Waals surface area contributed by atoms with E-state index in [9.17, 15) is 0 Å². The van der Waals surface area contributed by atoms with E-state index >= 15 is 0 Å². The molecule has 6 rings (SSSR count). The maximum Gasteiger partial charge on any atom is 0.0355 e. The minimum atomic E-state index is 0. The van der Waals surface area contributed by atoms with Crippen molar-refractivity contribution >= 4 is 31.5 Å². The molecule has 0 spiro atoms. The van der Waals surface area contributed by atoms with Gasteiger partial charge in [0.25, 0.3) is 0 Å². The van der Waals surface area contributed by atoms with Crippen molar-refractivity contribution in [3.63, 3.8) is 0 Å². The molecule has 0 aliphatic rings. The molecule has 0 aliphatic heterocycles. The first-order valence-corrected chi connectivity index (χ1v) is 11.5. The first kappa shape index (κ1) is 23.9. The van der Waals surface area contributed by atoms with E-state index in [2.05, 4.69) is 70.5 Å². The monoisotopic (exact) mass is 636 g/mol. The zero-order valence-electron chi connectivity index (χ0n) is 18.7. The van der Waals surface area contributed by atoms with Crippen LogP contribution in [-0.2, 0) is 20.1 Å². The normalized spacial score (nSPS) is 10.4. The van der Waals surface area contributed by atoms with Crippen molar-refractivity contribution in [2.45, 2.75) is 13.8 Å². The minimum Gasteiger partial charge on any atom is -0.360 e. The van der Waals surface area contributed by atoms with Crippen molar-refractivity contribution < 1.29 is 20.1 Å². The summed E-state index contributed by atoms with van der Waals surface area (Å²) >= 11 is 1.80. The Labute approximate surface area is 216 Å². The standard InChI is InChI=1S/C17H11N2S.C12H10N.Ir/c1-11-6-7-18-9-13(11)15-8-17-14(10-19-15)12-4-2-3-5-16(12)20-17;1-10-7-8-12(13-9-10)11-5-3-2-4-6-11;/h2-8,10H,1H3;2-5,7-9H,1H3;/q2*-1;. The molecule has 169 valence electrons. The first-order chi connectivity index (χ1) is 16.2. The third kappa shape index (κ3) is 5.12. The summed E-state index contributed by atoms with van der Waals surface area (Å²) in [5.74, 6) is 0. The van der Waals surface area contributed by atoms with Crippen molar-refractivity contribution in [2.24, 2.45) is 0 Å². The van der Waals surface area contributed by atoms with Gasteiger partial charge in [0.2, 0.25) is 0 Å². The van der Waals surface area contributed by atoms with Gasteiger partial charge in [0.1, 0.15) is 0 Å². The summed E-state index contributed by atoms with van der Waals surface area (Å²) in [6, 6.07) is 27.7. The zero-order chi connectivity index (χ0) is 22.6. The van der Waals surface area contributed by atoms with Gasteiger partial charge in [-0.1, -0.05) is 49.5 Å². The molecule has 0 fully saturated rings. The summed E-state index contributed by atoms with van der Waals surface area (Å²) in [5.41, 5.74) is 6.27. The quantitative estimate of drug-likeness (QED) is 0.185. The van der Waals surface area contributed by atoms with E-state index in [-0.39, 0.29) is 20.1 Å². The molecule has 0 bridgehead atoms. The number of aromatic nitrogens is 3. The number of aryl methyl sites for hydroxylation is 2. The molecule has 0 amide bonds. The molecule has 0 saturated heterocycles. The third-order valence-electron chi connectivity index (χ3n) is 5.39. The first-order valence-electron chi connectivity index (χ1n) is 10.7. The van der Waals surface area contributed by atoms with Crippen molar-refractivity contribution in [1.29, 1.82) is 0 Å². The van der Waals surface area contributed by atoms with Gasteiger partial charge < -0.3 is 15.0 Å². The number of benzene rings is 2. The molecule has 34 heavy (non-hydrogen) atoms. The number of rotatable bonds is 2. The van der Waals surface area contributed by atoms with Crippen LogP contribution < -0.4 is 0 Å². The fourth-order valence-electron chi connectivity index (χ4n) is 3.62. The molecule has 4 heterocycles. The fourth-order valence-corrected chi connectivity index (χ4v) is 4.73. The van der Waals surface area contributed by atoms with Gasteiger partial charge in [-0.3, -0.25) is 0 Å². The summed E-state index contributed by atoms with van der Waals surface area (Å²) in [6.07, 6.45) is 8.64. The predicted octanol–water partition coefficient (Wildman–Crippen LogP) is 7.47. The van der Waals surface area contributed by atoms with Gasteiger partial charge in [0.15, 0.2) is 0 Å². The van der Waals surface area contributed by atoms with E-state index < -0.39 is 0 Å². The zero-order valence-corrected chi connectivity index (χ0v) is 22.0. The van der Waals surface area contributed by atoms with Crippen LogP contribution in [0.15, 0.2) is 91.4 Å². The predicted molar refractivity (Wildman–Crippen MR) is 137 cm³/mol. The van der Waals surface area contributed by atoms with E-state index in [4.69, 9.17) is 0 Å². The van der Waals surface area contributed by atoms with Crippen molar-refractivity contribution in [3.05, 3.63) is 115 Å². The van der Waals surface area contributed by atoms with E-state index in [1.807, 2.05) is 55.7 Å². The number of nitrogens with zero attached hydrogens (tertiary/aromatic N) is 3. The Morgan fingerprint density at radius 1 is 0.765 bits per heavy atom. The van der Waals surface area contributed by atoms with Crippen molar-refractivity contribution in [2.75, 3.05) is 0 Å². The minimum absolute atomic E-state index is 0. The van der Waals surface area contributed by atoms with Crippen LogP contribution in [0.3, 0.4) is 0 Å². The van der Waals surface area contributed by atoms with Gasteiger partial charge in [-0.05, 0) is 36.1 Å². The Bertz CT molecular complexity index is 1530. The van der Waals surface area contributed by atoms with Crippen LogP contribution in [0.1, 0.15) is 11.1 Å². The molecule has 0 N–H and O–H groups in total. The number of hydrogen-bond acceptors (Lipinski definition) is 4. The second-order valence-electron chi connectivity index (χ2n) is 7.78. The van der Waals surface area contributed by atoms with E-state index in [0.717, 1.165) is 28.1 Å². The van der Waals surface area contributed by atoms with Crippen molar-refractivity contribution in [1.82, 2.24) is 15.0 Å². The van der Waals surface area contributed by atoms with Gasteiger partial charge in [-0.15, -0.1) is 64.4 Å². The van der Waals surface area contributed by atoms with E-state index in [0.29, 0.717) is 0 Å². The summed E-state index contributed by atoms with van der Waals surface area (Å²) < 4.78 is 2.56. The van der Waals surface area contributed by atoms with E-state index in [1.165, 1.54) is 25.7 Å². The van der Waals surface area contributed by atoms with Crippen molar-refractivity contribution in [3.8, 4) is 22.5 Å². The SMILES string of the molecule is Cc1ccc(-c2[c-]cccc2)nc1.Cc1ccn[c-]c1-c1cc2sc3ccccc3c2cn1.[Ir]. The number of thiophene rings is 1. The second kappa shape index (κ2) is 10.8. The van der Waals surface area contributed by atoms with Crippen LogP contribution in [-0.4, -0.2) is 15.0 Å². The van der Waals surface area contributed by atoms with Gasteiger partial charge in [0, 0.05) is 52.7 Å². The molecule has 1 radical (unpaired) electrons. The molecule has 0 atom stereocenters. The third-order valence-corrected chi connectivity index (χ3v) is 6.52. The average molecular weight is 636 g/mol. The van der Waals surface area contributed by atoms with Gasteiger partial charge in [-0.25, -0.2) is 0 Å². The van der Waals surface area contributed by atoms with Crippen LogP contribution in [0, 0.1) is 26.1 Å². The Balaban J connectivity index is 0.000000171.